The molecule has 0 amide bonds. The fourth-order valence-electron chi connectivity index (χ4n) is 1.30. The van der Waals surface area contributed by atoms with E-state index in [0.717, 1.165) is 6.42 Å². The van der Waals surface area contributed by atoms with Gasteiger partial charge in [0.2, 0.25) is 0 Å². The Kier molecular flexibility index (Phi) is 5.53. The number of rotatable bonds is 6. The van der Waals surface area contributed by atoms with E-state index in [4.69, 9.17) is 9.84 Å². The van der Waals surface area contributed by atoms with Gasteiger partial charge in [-0.05, 0) is 32.6 Å². The zero-order valence-corrected chi connectivity index (χ0v) is 9.08. The van der Waals surface area contributed by atoms with Crippen LogP contribution in [-0.2, 0) is 4.74 Å². The monoisotopic (exact) mass is 190 g/mol. The molecule has 2 N–H and O–H groups in total. The summed E-state index contributed by atoms with van der Waals surface area (Å²) < 4.78 is 5.38. The van der Waals surface area contributed by atoms with Gasteiger partial charge in [-0.1, -0.05) is 13.8 Å². The van der Waals surface area contributed by atoms with Gasteiger partial charge >= 0.3 is 0 Å². The van der Waals surface area contributed by atoms with Crippen molar-refractivity contribution in [2.75, 3.05) is 6.61 Å². The van der Waals surface area contributed by atoms with Gasteiger partial charge in [0.05, 0.1) is 6.10 Å². The van der Waals surface area contributed by atoms with Crippen molar-refractivity contribution in [1.82, 2.24) is 0 Å². The first-order valence-electron chi connectivity index (χ1n) is 4.86. The summed E-state index contributed by atoms with van der Waals surface area (Å²) in [7, 11) is 0. The second-order valence-corrected chi connectivity index (χ2v) is 4.33. The van der Waals surface area contributed by atoms with E-state index in [1.165, 1.54) is 0 Å². The summed E-state index contributed by atoms with van der Waals surface area (Å²) >= 11 is 0. The van der Waals surface area contributed by atoms with Gasteiger partial charge in [0.15, 0.2) is 5.79 Å². The van der Waals surface area contributed by atoms with E-state index >= 15 is 0 Å². The molecule has 0 aromatic carbocycles. The van der Waals surface area contributed by atoms with Crippen LogP contribution in [0.4, 0.5) is 0 Å². The van der Waals surface area contributed by atoms with Crippen LogP contribution in [0.1, 0.15) is 40.5 Å². The molecule has 0 spiro atoms. The second-order valence-electron chi connectivity index (χ2n) is 4.33. The average Bonchev–Trinajstić information content (AvgIpc) is 1.81. The predicted octanol–water partition coefficient (Wildman–Crippen LogP) is 1.53. The van der Waals surface area contributed by atoms with Crippen LogP contribution in [0.2, 0.25) is 0 Å². The summed E-state index contributed by atoms with van der Waals surface area (Å²) in [6.07, 6.45) is 1.40. The van der Waals surface area contributed by atoms with Crippen molar-refractivity contribution in [1.29, 1.82) is 0 Å². The first-order chi connectivity index (χ1) is 5.85. The smallest absolute Gasteiger partial charge is 0.160 e. The van der Waals surface area contributed by atoms with Crippen LogP contribution in [0.3, 0.4) is 0 Å². The molecule has 0 bridgehead atoms. The van der Waals surface area contributed by atoms with E-state index in [9.17, 15) is 5.11 Å². The molecule has 0 aromatic heterocycles. The van der Waals surface area contributed by atoms with Gasteiger partial charge in [-0.2, -0.15) is 0 Å². The van der Waals surface area contributed by atoms with Crippen molar-refractivity contribution in [3.63, 3.8) is 0 Å². The van der Waals surface area contributed by atoms with Crippen LogP contribution in [0.15, 0.2) is 0 Å². The molecular formula is C10H22O3. The van der Waals surface area contributed by atoms with Crippen LogP contribution < -0.4 is 0 Å². The first kappa shape index (κ1) is 12.9. The summed E-state index contributed by atoms with van der Waals surface area (Å²) in [5.41, 5.74) is 0. The number of ether oxygens (including phenoxy) is 1. The van der Waals surface area contributed by atoms with E-state index in [-0.39, 0.29) is 12.7 Å². The lowest BCUT2D eigenvalue weighted by atomic mass is 10.0. The van der Waals surface area contributed by atoms with Crippen LogP contribution in [0, 0.1) is 5.92 Å². The van der Waals surface area contributed by atoms with Gasteiger partial charge in [0.1, 0.15) is 0 Å². The predicted molar refractivity (Wildman–Crippen MR) is 52.3 cm³/mol. The zero-order valence-electron chi connectivity index (χ0n) is 9.08. The summed E-state index contributed by atoms with van der Waals surface area (Å²) in [4.78, 5) is 0. The Balaban J connectivity index is 3.94. The van der Waals surface area contributed by atoms with Gasteiger partial charge in [-0.25, -0.2) is 0 Å². The second kappa shape index (κ2) is 5.58. The van der Waals surface area contributed by atoms with Gasteiger partial charge in [0, 0.05) is 6.61 Å². The van der Waals surface area contributed by atoms with Gasteiger partial charge < -0.3 is 14.9 Å². The average molecular weight is 190 g/mol. The molecule has 3 nitrogen and oxygen atoms in total. The molecule has 0 aliphatic rings. The third kappa shape index (κ3) is 8.22. The maximum absolute atomic E-state index is 9.42. The van der Waals surface area contributed by atoms with Gasteiger partial charge in [-0.3, -0.25) is 0 Å². The molecule has 0 saturated heterocycles. The standard InChI is InChI=1S/C10H22O3/c1-8(2)7-9(5-6-11)13-10(3,4)12/h8-9,11-12H,5-7H2,1-4H3/t9-/m0/s1. The maximum Gasteiger partial charge on any atom is 0.160 e. The Morgan fingerprint density at radius 1 is 1.31 bits per heavy atom. The zero-order chi connectivity index (χ0) is 10.5. The lowest BCUT2D eigenvalue weighted by Gasteiger charge is -2.27. The maximum atomic E-state index is 9.42. The van der Waals surface area contributed by atoms with E-state index in [2.05, 4.69) is 13.8 Å². The SMILES string of the molecule is CC(C)C[C@H](CCO)OC(C)(C)O. The number of hydrogen-bond acceptors (Lipinski definition) is 3. The minimum atomic E-state index is -1.10. The van der Waals surface area contributed by atoms with E-state index < -0.39 is 5.79 Å². The Hall–Kier alpha value is -0.120. The molecule has 0 aromatic rings. The number of aliphatic hydroxyl groups excluding tert-OH is 1. The summed E-state index contributed by atoms with van der Waals surface area (Å²) in [6.45, 7) is 7.51. The van der Waals surface area contributed by atoms with E-state index in [1.54, 1.807) is 13.8 Å². The number of hydrogen-bond donors (Lipinski definition) is 2. The third-order valence-corrected chi connectivity index (χ3v) is 1.64. The van der Waals surface area contributed by atoms with Crippen LogP contribution in [0.5, 0.6) is 0 Å². The molecule has 1 atom stereocenters. The first-order valence-corrected chi connectivity index (χ1v) is 4.86. The molecule has 0 aliphatic heterocycles. The highest BCUT2D eigenvalue weighted by molar-refractivity contribution is 4.63. The lowest BCUT2D eigenvalue weighted by Crippen LogP contribution is -2.31. The minimum absolute atomic E-state index is 0.0509. The minimum Gasteiger partial charge on any atom is -0.396 e. The molecule has 0 aliphatic carbocycles. The summed E-state index contributed by atoms with van der Waals surface area (Å²) in [5, 5.41) is 18.2. The van der Waals surface area contributed by atoms with Gasteiger partial charge in [-0.15, -0.1) is 0 Å². The number of aliphatic hydroxyl groups is 2. The largest absolute Gasteiger partial charge is 0.396 e. The molecule has 0 radical (unpaired) electrons. The normalized spacial score (nSPS) is 15.0. The lowest BCUT2D eigenvalue weighted by molar-refractivity contribution is -0.210. The molecule has 13 heavy (non-hydrogen) atoms. The topological polar surface area (TPSA) is 49.7 Å². The molecule has 0 fully saturated rings. The van der Waals surface area contributed by atoms with E-state index in [0.29, 0.717) is 12.3 Å². The third-order valence-electron chi connectivity index (χ3n) is 1.64. The molecular weight excluding hydrogens is 168 g/mol. The molecule has 80 valence electrons. The van der Waals surface area contributed by atoms with Crippen molar-refractivity contribution in [3.8, 4) is 0 Å². The fourth-order valence-corrected chi connectivity index (χ4v) is 1.30. The van der Waals surface area contributed by atoms with Crippen molar-refractivity contribution < 1.29 is 14.9 Å². The quantitative estimate of drug-likeness (QED) is 0.624. The Labute approximate surface area is 80.7 Å². The Morgan fingerprint density at radius 3 is 2.15 bits per heavy atom. The molecule has 0 heterocycles. The van der Waals surface area contributed by atoms with Gasteiger partial charge in [0.25, 0.3) is 0 Å². The highest BCUT2D eigenvalue weighted by Crippen LogP contribution is 2.17. The molecule has 0 unspecified atom stereocenters. The van der Waals surface area contributed by atoms with Crippen molar-refractivity contribution >= 4 is 0 Å². The Bertz CT molecular complexity index is 127. The van der Waals surface area contributed by atoms with E-state index in [1.807, 2.05) is 0 Å². The highest BCUT2D eigenvalue weighted by Gasteiger charge is 2.20. The van der Waals surface area contributed by atoms with Crippen molar-refractivity contribution in [3.05, 3.63) is 0 Å². The Morgan fingerprint density at radius 2 is 1.85 bits per heavy atom. The summed E-state index contributed by atoms with van der Waals surface area (Å²) in [6, 6.07) is 0. The van der Waals surface area contributed by atoms with Crippen LogP contribution in [0.25, 0.3) is 0 Å². The molecule has 3 heteroatoms. The van der Waals surface area contributed by atoms with Crippen molar-refractivity contribution in [2.45, 2.75) is 52.4 Å². The fraction of sp³-hybridized carbons (Fsp3) is 1.00. The van der Waals surface area contributed by atoms with Crippen molar-refractivity contribution in [2.24, 2.45) is 5.92 Å². The highest BCUT2D eigenvalue weighted by atomic mass is 16.6. The van der Waals surface area contributed by atoms with Crippen LogP contribution in [-0.4, -0.2) is 28.7 Å². The molecule has 0 saturated carbocycles. The summed E-state index contributed by atoms with van der Waals surface area (Å²) in [5.74, 6) is -0.590. The van der Waals surface area contributed by atoms with Crippen LogP contribution >= 0.6 is 0 Å². The molecule has 0 rings (SSSR count).